The fourth-order valence-electron chi connectivity index (χ4n) is 2.20. The molecule has 118 valence electrons. The Labute approximate surface area is 134 Å². The van der Waals surface area contributed by atoms with E-state index < -0.39 is 0 Å². The van der Waals surface area contributed by atoms with E-state index in [4.69, 9.17) is 11.5 Å². The third-order valence-corrected chi connectivity index (χ3v) is 4.56. The number of hydrogen-bond donors (Lipinski definition) is 3. The van der Waals surface area contributed by atoms with Crippen molar-refractivity contribution in [2.45, 2.75) is 31.8 Å². The van der Waals surface area contributed by atoms with Gasteiger partial charge in [0.25, 0.3) is 0 Å². The summed E-state index contributed by atoms with van der Waals surface area (Å²) in [7, 11) is 0. The molecule has 2 aromatic heterocycles. The van der Waals surface area contributed by atoms with E-state index in [0.717, 1.165) is 24.8 Å². The fourth-order valence-corrected chi connectivity index (χ4v) is 3.15. The number of pyridine rings is 1. The number of rotatable bonds is 9. The second kappa shape index (κ2) is 8.63. The van der Waals surface area contributed by atoms with Crippen LogP contribution in [0.3, 0.4) is 0 Å². The molecule has 0 aliphatic heterocycles. The van der Waals surface area contributed by atoms with Crippen molar-refractivity contribution in [3.05, 3.63) is 41.5 Å². The fraction of sp³-hybridized carbons (Fsp3) is 0.375. The highest BCUT2D eigenvalue weighted by Crippen LogP contribution is 2.27. The van der Waals surface area contributed by atoms with Crippen LogP contribution in [0.5, 0.6) is 0 Å². The molecule has 0 saturated heterocycles. The summed E-state index contributed by atoms with van der Waals surface area (Å²) in [4.78, 5) is 17.9. The molecule has 0 aliphatic carbocycles. The summed E-state index contributed by atoms with van der Waals surface area (Å²) in [5.41, 5.74) is 12.0. The number of carbonyl (C=O) groups is 1. The predicted molar refractivity (Wildman–Crippen MR) is 90.3 cm³/mol. The number of nitrogens with zero attached hydrogens (tertiary/aromatic N) is 1. The summed E-state index contributed by atoms with van der Waals surface area (Å²) in [5.74, 6) is -0.305. The summed E-state index contributed by atoms with van der Waals surface area (Å²) >= 11 is 1.69. The monoisotopic (exact) mass is 318 g/mol. The van der Waals surface area contributed by atoms with E-state index in [1.165, 1.54) is 9.75 Å². The average Bonchev–Trinajstić information content (AvgIpc) is 3.00. The molecule has 0 aromatic carbocycles. The van der Waals surface area contributed by atoms with Gasteiger partial charge in [0.05, 0.1) is 6.04 Å². The summed E-state index contributed by atoms with van der Waals surface area (Å²) < 4.78 is 0. The van der Waals surface area contributed by atoms with Gasteiger partial charge < -0.3 is 16.8 Å². The smallest absolute Gasteiger partial charge is 0.234 e. The van der Waals surface area contributed by atoms with Gasteiger partial charge >= 0.3 is 0 Å². The highest BCUT2D eigenvalue weighted by atomic mass is 32.1. The van der Waals surface area contributed by atoms with Gasteiger partial charge in [-0.1, -0.05) is 12.5 Å². The minimum absolute atomic E-state index is 0.296. The molecule has 5 nitrogen and oxygen atoms in total. The second-order valence-electron chi connectivity index (χ2n) is 5.13. The van der Waals surface area contributed by atoms with Crippen molar-refractivity contribution in [3.63, 3.8) is 0 Å². The zero-order valence-electron chi connectivity index (χ0n) is 12.5. The van der Waals surface area contributed by atoms with Gasteiger partial charge in [0.15, 0.2) is 0 Å². The number of primary amides is 1. The first-order chi connectivity index (χ1) is 10.7. The Kier molecular flexibility index (Phi) is 6.51. The van der Waals surface area contributed by atoms with Gasteiger partial charge in [-0.25, -0.2) is 0 Å². The van der Waals surface area contributed by atoms with Gasteiger partial charge in [0.1, 0.15) is 0 Å². The Bertz CT molecular complexity index is 585. The van der Waals surface area contributed by atoms with E-state index in [1.807, 2.05) is 18.3 Å². The van der Waals surface area contributed by atoms with Crippen LogP contribution in [0.15, 0.2) is 36.7 Å². The average molecular weight is 318 g/mol. The first kappa shape index (κ1) is 16.6. The van der Waals surface area contributed by atoms with Crippen molar-refractivity contribution in [1.82, 2.24) is 10.3 Å². The Hall–Kier alpha value is -1.76. The number of nitrogens with one attached hydrogen (secondary N) is 1. The number of nitrogens with two attached hydrogens (primary N) is 2. The molecule has 5 N–H and O–H groups in total. The Morgan fingerprint density at radius 2 is 2.18 bits per heavy atom. The van der Waals surface area contributed by atoms with E-state index >= 15 is 0 Å². The maximum atomic E-state index is 11.5. The van der Waals surface area contributed by atoms with Crippen LogP contribution in [0.4, 0.5) is 0 Å². The van der Waals surface area contributed by atoms with Gasteiger partial charge in [-0.05, 0) is 37.6 Å². The number of thiophene rings is 1. The molecule has 0 aliphatic rings. The van der Waals surface area contributed by atoms with Gasteiger partial charge in [-0.3, -0.25) is 9.78 Å². The Morgan fingerprint density at radius 1 is 1.32 bits per heavy atom. The third kappa shape index (κ3) is 4.91. The quantitative estimate of drug-likeness (QED) is 0.615. The third-order valence-electron chi connectivity index (χ3n) is 3.42. The lowest BCUT2D eigenvalue weighted by Gasteiger charge is -2.14. The van der Waals surface area contributed by atoms with Crippen LogP contribution in [0.2, 0.25) is 0 Å². The summed E-state index contributed by atoms with van der Waals surface area (Å²) in [6.45, 7) is 1.28. The van der Waals surface area contributed by atoms with Crippen molar-refractivity contribution in [2.24, 2.45) is 11.5 Å². The number of unbranched alkanes of at least 4 members (excludes halogenated alkanes) is 1. The second-order valence-corrected chi connectivity index (χ2v) is 6.30. The van der Waals surface area contributed by atoms with Crippen molar-refractivity contribution in [2.75, 3.05) is 6.54 Å². The van der Waals surface area contributed by atoms with Crippen LogP contribution in [-0.2, 0) is 11.3 Å². The summed E-state index contributed by atoms with van der Waals surface area (Å²) in [6, 6.07) is 7.81. The number of hydrogen-bond acceptors (Lipinski definition) is 5. The van der Waals surface area contributed by atoms with E-state index in [1.54, 1.807) is 17.5 Å². The minimum atomic E-state index is -0.305. The number of amides is 1. The molecule has 0 bridgehead atoms. The minimum Gasteiger partial charge on any atom is -0.368 e. The molecule has 1 unspecified atom stereocenters. The first-order valence-corrected chi connectivity index (χ1v) is 8.24. The molecule has 2 aromatic rings. The highest BCUT2D eigenvalue weighted by molar-refractivity contribution is 7.15. The van der Waals surface area contributed by atoms with Crippen molar-refractivity contribution >= 4 is 17.2 Å². The largest absolute Gasteiger partial charge is 0.368 e. The maximum Gasteiger partial charge on any atom is 0.234 e. The Balaban J connectivity index is 1.90. The van der Waals surface area contributed by atoms with E-state index in [9.17, 15) is 4.79 Å². The predicted octanol–water partition coefficient (Wildman–Crippen LogP) is 1.88. The van der Waals surface area contributed by atoms with Crippen LogP contribution >= 0.6 is 11.3 Å². The summed E-state index contributed by atoms with van der Waals surface area (Å²) in [6.07, 6.45) is 6.16. The lowest BCUT2D eigenvalue weighted by molar-refractivity contribution is -0.120. The van der Waals surface area contributed by atoms with E-state index in [2.05, 4.69) is 22.4 Å². The van der Waals surface area contributed by atoms with E-state index in [0.29, 0.717) is 13.1 Å². The molecule has 0 saturated carbocycles. The van der Waals surface area contributed by atoms with Crippen LogP contribution in [0.25, 0.3) is 10.4 Å². The van der Waals surface area contributed by atoms with Crippen LogP contribution < -0.4 is 16.8 Å². The lowest BCUT2D eigenvalue weighted by atomic mass is 10.1. The topological polar surface area (TPSA) is 94.0 Å². The summed E-state index contributed by atoms with van der Waals surface area (Å²) in [5, 5.41) is 3.24. The molecular formula is C16H22N4OS. The SMILES string of the molecule is NCCCCC(NCc1ccc(-c2cccnc2)s1)C(N)=O. The highest BCUT2D eigenvalue weighted by Gasteiger charge is 2.14. The molecule has 1 amide bonds. The first-order valence-electron chi connectivity index (χ1n) is 7.42. The van der Waals surface area contributed by atoms with Crippen molar-refractivity contribution < 1.29 is 4.79 Å². The maximum absolute atomic E-state index is 11.5. The van der Waals surface area contributed by atoms with Crippen LogP contribution in [0.1, 0.15) is 24.1 Å². The normalized spacial score (nSPS) is 12.2. The molecule has 0 radical (unpaired) electrons. The van der Waals surface area contributed by atoms with Gasteiger partial charge in [0, 0.05) is 34.3 Å². The standard InChI is InChI=1S/C16H22N4OS/c17-8-2-1-5-14(16(18)21)20-11-13-6-7-15(22-13)12-4-3-9-19-10-12/h3-4,6-7,9-10,14,20H,1-2,5,8,11,17H2,(H2,18,21). The number of aromatic nitrogens is 1. The van der Waals surface area contributed by atoms with Crippen molar-refractivity contribution in [1.29, 1.82) is 0 Å². The van der Waals surface area contributed by atoms with Gasteiger partial charge in [0.2, 0.25) is 5.91 Å². The van der Waals surface area contributed by atoms with E-state index in [-0.39, 0.29) is 11.9 Å². The van der Waals surface area contributed by atoms with Crippen LogP contribution in [0, 0.1) is 0 Å². The molecule has 2 rings (SSSR count). The molecule has 1 atom stereocenters. The Morgan fingerprint density at radius 3 is 2.86 bits per heavy atom. The molecule has 0 fully saturated rings. The molecule has 22 heavy (non-hydrogen) atoms. The molecule has 0 spiro atoms. The zero-order chi connectivity index (χ0) is 15.8. The van der Waals surface area contributed by atoms with Crippen LogP contribution in [-0.4, -0.2) is 23.5 Å². The van der Waals surface area contributed by atoms with Crippen molar-refractivity contribution in [3.8, 4) is 10.4 Å². The molecule has 6 heteroatoms. The number of carbonyl (C=O) groups excluding carboxylic acids is 1. The van der Waals surface area contributed by atoms with Gasteiger partial charge in [-0.15, -0.1) is 11.3 Å². The zero-order valence-corrected chi connectivity index (χ0v) is 13.3. The molecule has 2 heterocycles. The van der Waals surface area contributed by atoms with Gasteiger partial charge in [-0.2, -0.15) is 0 Å². The lowest BCUT2D eigenvalue weighted by Crippen LogP contribution is -2.40. The molecular weight excluding hydrogens is 296 g/mol.